The van der Waals surface area contributed by atoms with Gasteiger partial charge in [0.05, 0.1) is 16.7 Å². The molecule has 1 aliphatic heterocycles. The lowest BCUT2D eigenvalue weighted by atomic mass is 10.1. The zero-order chi connectivity index (χ0) is 20.2. The van der Waals surface area contributed by atoms with E-state index in [4.69, 9.17) is 9.47 Å². The largest absolute Gasteiger partial charge is 0.482 e. The molecule has 0 aliphatic carbocycles. The molecule has 0 atom stereocenters. The molecule has 7 nitrogen and oxygen atoms in total. The minimum absolute atomic E-state index is 0.0524. The number of amides is 2. The number of nitrogens with zero attached hydrogens (tertiary/aromatic N) is 3. The molecule has 0 aromatic carbocycles. The molecule has 0 spiro atoms. The molecular formula is C19H28BrN3O4. The fourth-order valence-electron chi connectivity index (χ4n) is 2.88. The summed E-state index contributed by atoms with van der Waals surface area (Å²) >= 11 is 3.46. The molecule has 150 valence electrons. The van der Waals surface area contributed by atoms with E-state index in [-0.39, 0.29) is 18.6 Å². The van der Waals surface area contributed by atoms with Gasteiger partial charge in [-0.1, -0.05) is 0 Å². The summed E-state index contributed by atoms with van der Waals surface area (Å²) in [5, 5.41) is 0. The molecule has 1 aromatic rings. The molecule has 0 unspecified atom stereocenters. The van der Waals surface area contributed by atoms with Gasteiger partial charge in [0.25, 0.3) is 5.91 Å². The Balaban J connectivity index is 2.17. The number of carbonyl (C=O) groups is 2. The van der Waals surface area contributed by atoms with E-state index in [1.165, 1.54) is 0 Å². The van der Waals surface area contributed by atoms with Crippen LogP contribution in [0.15, 0.2) is 10.7 Å². The SMILES string of the molecule is CCN(CC)C(=O)COc1c(Br)cnc2c1CN(C(=O)OC(C)(C)C)CC2. The predicted molar refractivity (Wildman–Crippen MR) is 106 cm³/mol. The highest BCUT2D eigenvalue weighted by molar-refractivity contribution is 9.10. The Morgan fingerprint density at radius 3 is 2.56 bits per heavy atom. The summed E-state index contributed by atoms with van der Waals surface area (Å²) in [6.45, 7) is 11.5. The van der Waals surface area contributed by atoms with Gasteiger partial charge in [-0.05, 0) is 50.5 Å². The Bertz CT molecular complexity index is 699. The van der Waals surface area contributed by atoms with Crippen LogP contribution in [0.25, 0.3) is 0 Å². The van der Waals surface area contributed by atoms with Gasteiger partial charge in [-0.15, -0.1) is 0 Å². The second-order valence-corrected chi connectivity index (χ2v) is 8.22. The van der Waals surface area contributed by atoms with Crippen LogP contribution in [0.4, 0.5) is 4.79 Å². The summed E-state index contributed by atoms with van der Waals surface area (Å²) in [5.74, 6) is 0.492. The summed E-state index contributed by atoms with van der Waals surface area (Å²) < 4.78 is 12.0. The van der Waals surface area contributed by atoms with Gasteiger partial charge >= 0.3 is 6.09 Å². The maximum atomic E-state index is 12.4. The third kappa shape index (κ3) is 5.57. The molecule has 2 amide bonds. The summed E-state index contributed by atoms with van der Waals surface area (Å²) in [6, 6.07) is 0. The molecule has 2 rings (SSSR count). The number of carbonyl (C=O) groups excluding carboxylic acids is 2. The molecule has 8 heteroatoms. The van der Waals surface area contributed by atoms with E-state index in [0.29, 0.717) is 42.8 Å². The van der Waals surface area contributed by atoms with Crippen LogP contribution in [0.2, 0.25) is 0 Å². The molecule has 27 heavy (non-hydrogen) atoms. The van der Waals surface area contributed by atoms with Crippen molar-refractivity contribution >= 4 is 27.9 Å². The van der Waals surface area contributed by atoms with Crippen LogP contribution >= 0.6 is 15.9 Å². The molecule has 0 saturated carbocycles. The van der Waals surface area contributed by atoms with Crippen molar-refractivity contribution in [2.75, 3.05) is 26.2 Å². The Morgan fingerprint density at radius 2 is 1.96 bits per heavy atom. The van der Waals surface area contributed by atoms with E-state index in [2.05, 4.69) is 20.9 Å². The third-order valence-electron chi connectivity index (χ3n) is 4.25. The fraction of sp³-hybridized carbons (Fsp3) is 0.632. The number of pyridine rings is 1. The topological polar surface area (TPSA) is 72.0 Å². The number of ether oxygens (including phenoxy) is 2. The number of hydrogen-bond donors (Lipinski definition) is 0. The van der Waals surface area contributed by atoms with Gasteiger partial charge < -0.3 is 19.3 Å². The maximum absolute atomic E-state index is 12.4. The Morgan fingerprint density at radius 1 is 1.30 bits per heavy atom. The van der Waals surface area contributed by atoms with Crippen LogP contribution in [0.5, 0.6) is 5.75 Å². The lowest BCUT2D eigenvalue weighted by Crippen LogP contribution is -2.40. The van der Waals surface area contributed by atoms with Crippen LogP contribution in [0.3, 0.4) is 0 Å². The zero-order valence-corrected chi connectivity index (χ0v) is 18.3. The molecule has 0 fully saturated rings. The highest BCUT2D eigenvalue weighted by Crippen LogP contribution is 2.34. The lowest BCUT2D eigenvalue weighted by Gasteiger charge is -2.31. The zero-order valence-electron chi connectivity index (χ0n) is 16.7. The first-order valence-electron chi connectivity index (χ1n) is 9.21. The number of hydrogen-bond acceptors (Lipinski definition) is 5. The van der Waals surface area contributed by atoms with Crippen molar-refractivity contribution in [1.29, 1.82) is 0 Å². The highest BCUT2D eigenvalue weighted by atomic mass is 79.9. The van der Waals surface area contributed by atoms with E-state index in [0.717, 1.165) is 11.3 Å². The van der Waals surface area contributed by atoms with E-state index in [9.17, 15) is 9.59 Å². The summed E-state index contributed by atoms with van der Waals surface area (Å²) in [4.78, 5) is 32.5. The van der Waals surface area contributed by atoms with Crippen LogP contribution in [0, 0.1) is 0 Å². The van der Waals surface area contributed by atoms with Crippen molar-refractivity contribution in [2.45, 2.75) is 53.2 Å². The molecular weight excluding hydrogens is 414 g/mol. The molecule has 0 bridgehead atoms. The number of likely N-dealkylation sites (N-methyl/N-ethyl adjacent to an activating group) is 1. The molecule has 0 saturated heterocycles. The van der Waals surface area contributed by atoms with Crippen molar-refractivity contribution in [1.82, 2.24) is 14.8 Å². The van der Waals surface area contributed by atoms with Gasteiger partial charge in [-0.2, -0.15) is 0 Å². The third-order valence-corrected chi connectivity index (χ3v) is 4.81. The number of halogens is 1. The normalized spacial score (nSPS) is 13.8. The predicted octanol–water partition coefficient (Wildman–Crippen LogP) is 3.38. The van der Waals surface area contributed by atoms with Crippen LogP contribution in [-0.2, 0) is 22.5 Å². The molecule has 1 aliphatic rings. The minimum Gasteiger partial charge on any atom is -0.482 e. The van der Waals surface area contributed by atoms with Crippen LogP contribution in [-0.4, -0.2) is 58.6 Å². The van der Waals surface area contributed by atoms with E-state index in [1.54, 1.807) is 16.0 Å². The van der Waals surface area contributed by atoms with E-state index in [1.807, 2.05) is 34.6 Å². The molecule has 0 radical (unpaired) electrons. The molecule has 2 heterocycles. The van der Waals surface area contributed by atoms with Crippen LogP contribution in [0.1, 0.15) is 45.9 Å². The minimum atomic E-state index is -0.553. The monoisotopic (exact) mass is 441 g/mol. The Labute approximate surface area is 169 Å². The highest BCUT2D eigenvalue weighted by Gasteiger charge is 2.29. The van der Waals surface area contributed by atoms with Gasteiger partial charge in [-0.25, -0.2) is 4.79 Å². The lowest BCUT2D eigenvalue weighted by molar-refractivity contribution is -0.133. The first kappa shape index (κ1) is 21.5. The maximum Gasteiger partial charge on any atom is 0.410 e. The van der Waals surface area contributed by atoms with Gasteiger partial charge in [0, 0.05) is 37.8 Å². The van der Waals surface area contributed by atoms with Crippen molar-refractivity contribution in [3.8, 4) is 5.75 Å². The van der Waals surface area contributed by atoms with Gasteiger partial charge in [0.2, 0.25) is 0 Å². The number of rotatable bonds is 5. The summed E-state index contributed by atoms with van der Waals surface area (Å²) in [5.41, 5.74) is 1.14. The van der Waals surface area contributed by atoms with Crippen LogP contribution < -0.4 is 4.74 Å². The van der Waals surface area contributed by atoms with Gasteiger partial charge in [-0.3, -0.25) is 9.78 Å². The Kier molecular flexibility index (Phi) is 7.08. The van der Waals surface area contributed by atoms with E-state index < -0.39 is 5.60 Å². The van der Waals surface area contributed by atoms with Crippen molar-refractivity contribution in [3.05, 3.63) is 21.9 Å². The second kappa shape index (κ2) is 8.91. The molecule has 0 N–H and O–H groups in total. The average molecular weight is 442 g/mol. The molecule has 1 aromatic heterocycles. The number of aromatic nitrogens is 1. The second-order valence-electron chi connectivity index (χ2n) is 7.37. The van der Waals surface area contributed by atoms with Crippen molar-refractivity contribution in [3.63, 3.8) is 0 Å². The smallest absolute Gasteiger partial charge is 0.410 e. The first-order valence-corrected chi connectivity index (χ1v) is 10.00. The Hall–Kier alpha value is -1.83. The fourth-order valence-corrected chi connectivity index (χ4v) is 3.33. The average Bonchev–Trinajstić information content (AvgIpc) is 2.60. The van der Waals surface area contributed by atoms with Gasteiger partial charge in [0.1, 0.15) is 11.4 Å². The standard InChI is InChI=1S/C19H28BrN3O4/c1-6-22(7-2)16(24)12-26-17-13-11-23(18(25)27-19(3,4)5)9-8-15(13)21-10-14(17)20/h10H,6-9,11-12H2,1-5H3. The summed E-state index contributed by atoms with van der Waals surface area (Å²) in [7, 11) is 0. The number of fused-ring (bicyclic) bond motifs is 1. The quantitative estimate of drug-likeness (QED) is 0.699. The van der Waals surface area contributed by atoms with Crippen molar-refractivity contribution < 1.29 is 19.1 Å². The van der Waals surface area contributed by atoms with E-state index >= 15 is 0 Å². The summed E-state index contributed by atoms with van der Waals surface area (Å²) in [6.07, 6.45) is 1.93. The van der Waals surface area contributed by atoms with Crippen molar-refractivity contribution in [2.24, 2.45) is 0 Å². The first-order chi connectivity index (χ1) is 12.7. The van der Waals surface area contributed by atoms with Gasteiger partial charge in [0.15, 0.2) is 6.61 Å².